The second-order valence-electron chi connectivity index (χ2n) is 1.49. The normalized spacial score (nSPS) is 9.42. The van der Waals surface area contributed by atoms with E-state index in [-0.39, 0.29) is 37.6 Å². The van der Waals surface area contributed by atoms with Crippen molar-refractivity contribution in [3.8, 4) is 0 Å². The number of phosphoric ester groups is 1. The number of rotatable bonds is 3. The standard InChI is InChI=1S/C2H8N2.C2H7O4P.Na.H/c3-1-2-4;1-2-6-7(3,4)5;;/h1-4H2;2H2,1H3,(H2,3,4,5);;/q;;+1;-1. The average molecular weight is 210 g/mol. The van der Waals surface area contributed by atoms with E-state index in [4.69, 9.17) is 21.3 Å². The van der Waals surface area contributed by atoms with E-state index < -0.39 is 7.82 Å². The van der Waals surface area contributed by atoms with Crippen LogP contribution in [0, 0.1) is 0 Å². The number of phosphoric acid groups is 1. The molecule has 0 aliphatic rings. The third kappa shape index (κ3) is 30.5. The van der Waals surface area contributed by atoms with Gasteiger partial charge in [0.15, 0.2) is 0 Å². The van der Waals surface area contributed by atoms with E-state index in [0.717, 1.165) is 0 Å². The van der Waals surface area contributed by atoms with Gasteiger partial charge in [0.25, 0.3) is 0 Å². The molecule has 0 unspecified atom stereocenters. The molecular weight excluding hydrogens is 194 g/mol. The van der Waals surface area contributed by atoms with Crippen LogP contribution in [0.3, 0.4) is 0 Å². The first kappa shape index (κ1) is 18.7. The van der Waals surface area contributed by atoms with Crippen molar-refractivity contribution in [3.05, 3.63) is 0 Å². The predicted molar refractivity (Wildman–Crippen MR) is 42.9 cm³/mol. The van der Waals surface area contributed by atoms with Crippen LogP contribution in [0.15, 0.2) is 0 Å². The van der Waals surface area contributed by atoms with Gasteiger partial charge >= 0.3 is 37.4 Å². The first-order chi connectivity index (χ1) is 4.97. The Bertz CT molecular complexity index is 123. The van der Waals surface area contributed by atoms with Crippen LogP contribution in [-0.2, 0) is 9.09 Å². The van der Waals surface area contributed by atoms with Gasteiger partial charge in [-0.15, -0.1) is 0 Å². The average Bonchev–Trinajstić information content (AvgIpc) is 1.86. The van der Waals surface area contributed by atoms with Gasteiger partial charge in [-0.05, 0) is 6.92 Å². The third-order valence-electron chi connectivity index (χ3n) is 0.464. The fraction of sp³-hybridized carbons (Fsp3) is 1.00. The molecule has 0 radical (unpaired) electrons. The Labute approximate surface area is 95.7 Å². The fourth-order valence-corrected chi connectivity index (χ4v) is 0.505. The fourth-order valence-electron chi connectivity index (χ4n) is 0.168. The van der Waals surface area contributed by atoms with Crippen LogP contribution < -0.4 is 41.0 Å². The zero-order valence-electron chi connectivity index (χ0n) is 8.43. The minimum Gasteiger partial charge on any atom is -1.00 e. The summed E-state index contributed by atoms with van der Waals surface area (Å²) < 4.78 is 13.6. The Kier molecular flexibility index (Phi) is 18.8. The summed E-state index contributed by atoms with van der Waals surface area (Å²) in [4.78, 5) is 15.8. The van der Waals surface area contributed by atoms with Gasteiger partial charge in [-0.3, -0.25) is 4.52 Å². The summed E-state index contributed by atoms with van der Waals surface area (Å²) in [7, 11) is -4.17. The molecule has 0 fully saturated rings. The Morgan fingerprint density at radius 3 is 1.75 bits per heavy atom. The van der Waals surface area contributed by atoms with Gasteiger partial charge in [0.2, 0.25) is 0 Å². The quantitative estimate of drug-likeness (QED) is 0.279. The predicted octanol–water partition coefficient (Wildman–Crippen LogP) is -3.86. The summed E-state index contributed by atoms with van der Waals surface area (Å²) in [5.74, 6) is 0. The van der Waals surface area contributed by atoms with Crippen molar-refractivity contribution in [1.29, 1.82) is 0 Å². The van der Waals surface area contributed by atoms with Gasteiger partial charge < -0.3 is 22.7 Å². The molecule has 0 saturated carbocycles. The van der Waals surface area contributed by atoms with Crippen molar-refractivity contribution >= 4 is 7.82 Å². The zero-order valence-corrected chi connectivity index (χ0v) is 10.3. The van der Waals surface area contributed by atoms with Gasteiger partial charge in [0.1, 0.15) is 0 Å². The molecule has 0 amide bonds. The molecule has 0 atom stereocenters. The van der Waals surface area contributed by atoms with E-state index in [1.54, 1.807) is 0 Å². The summed E-state index contributed by atoms with van der Waals surface area (Å²) >= 11 is 0. The molecule has 6 nitrogen and oxygen atoms in total. The van der Waals surface area contributed by atoms with E-state index in [1.807, 2.05) is 0 Å². The Morgan fingerprint density at radius 2 is 1.75 bits per heavy atom. The van der Waals surface area contributed by atoms with Gasteiger partial charge in [0.05, 0.1) is 6.61 Å². The minimum absolute atomic E-state index is 0. The first-order valence-corrected chi connectivity index (χ1v) is 4.61. The van der Waals surface area contributed by atoms with Crippen molar-refractivity contribution < 1.29 is 49.9 Å². The minimum atomic E-state index is -4.17. The monoisotopic (exact) mass is 210 g/mol. The second-order valence-corrected chi connectivity index (χ2v) is 2.73. The molecule has 0 rings (SSSR count). The SMILES string of the molecule is CCOP(=O)(O)O.NCCN.[H-].[Na+]. The van der Waals surface area contributed by atoms with E-state index in [9.17, 15) is 4.57 Å². The van der Waals surface area contributed by atoms with Crippen molar-refractivity contribution in [1.82, 2.24) is 0 Å². The zero-order chi connectivity index (χ0) is 9.33. The summed E-state index contributed by atoms with van der Waals surface area (Å²) in [5.41, 5.74) is 9.81. The molecule has 0 aromatic rings. The number of hydrogen-bond donors (Lipinski definition) is 4. The largest absolute Gasteiger partial charge is 1.00 e. The van der Waals surface area contributed by atoms with E-state index in [1.165, 1.54) is 6.92 Å². The molecule has 12 heavy (non-hydrogen) atoms. The van der Waals surface area contributed by atoms with Crippen LogP contribution >= 0.6 is 7.82 Å². The van der Waals surface area contributed by atoms with Crippen molar-refractivity contribution in [2.45, 2.75) is 6.92 Å². The molecule has 0 heterocycles. The molecule has 0 aromatic heterocycles. The molecule has 0 aromatic carbocycles. The van der Waals surface area contributed by atoms with Gasteiger partial charge in [-0.2, -0.15) is 0 Å². The molecule has 0 aliphatic heterocycles. The van der Waals surface area contributed by atoms with Crippen LogP contribution in [0.5, 0.6) is 0 Å². The van der Waals surface area contributed by atoms with E-state index >= 15 is 0 Å². The van der Waals surface area contributed by atoms with Gasteiger partial charge in [0, 0.05) is 13.1 Å². The number of hydrogen-bond acceptors (Lipinski definition) is 4. The molecule has 0 spiro atoms. The smallest absolute Gasteiger partial charge is 1.00 e. The molecular formula is C4H16N2NaO4P. The van der Waals surface area contributed by atoms with Crippen molar-refractivity contribution in [2.24, 2.45) is 11.5 Å². The first-order valence-electron chi connectivity index (χ1n) is 3.08. The van der Waals surface area contributed by atoms with Crippen molar-refractivity contribution in [2.75, 3.05) is 19.7 Å². The summed E-state index contributed by atoms with van der Waals surface area (Å²) in [6.07, 6.45) is 0. The summed E-state index contributed by atoms with van der Waals surface area (Å²) in [6.45, 7) is 2.75. The van der Waals surface area contributed by atoms with Gasteiger partial charge in [-0.25, -0.2) is 4.57 Å². The third-order valence-corrected chi connectivity index (χ3v) is 1.06. The topological polar surface area (TPSA) is 119 Å². The Morgan fingerprint density at radius 1 is 1.42 bits per heavy atom. The molecule has 72 valence electrons. The molecule has 0 saturated heterocycles. The second kappa shape index (κ2) is 12.0. The number of nitrogens with two attached hydrogens (primary N) is 2. The van der Waals surface area contributed by atoms with Crippen LogP contribution in [-0.4, -0.2) is 29.5 Å². The van der Waals surface area contributed by atoms with Crippen molar-refractivity contribution in [3.63, 3.8) is 0 Å². The molecule has 6 N–H and O–H groups in total. The maximum absolute atomic E-state index is 9.70. The Hall–Kier alpha value is 1.03. The summed E-state index contributed by atoms with van der Waals surface area (Å²) in [5, 5.41) is 0. The Balaban J connectivity index is -0.0000000600. The summed E-state index contributed by atoms with van der Waals surface area (Å²) in [6, 6.07) is 0. The van der Waals surface area contributed by atoms with Gasteiger partial charge in [-0.1, -0.05) is 0 Å². The van der Waals surface area contributed by atoms with E-state index in [0.29, 0.717) is 13.1 Å². The van der Waals surface area contributed by atoms with Crippen LogP contribution in [0.4, 0.5) is 0 Å². The molecule has 0 bridgehead atoms. The molecule has 0 aliphatic carbocycles. The van der Waals surface area contributed by atoms with Crippen LogP contribution in [0.2, 0.25) is 0 Å². The maximum Gasteiger partial charge on any atom is 1.00 e. The maximum atomic E-state index is 9.70. The van der Waals surface area contributed by atoms with Crippen LogP contribution in [0.1, 0.15) is 8.35 Å². The van der Waals surface area contributed by atoms with E-state index in [2.05, 4.69) is 4.52 Å². The van der Waals surface area contributed by atoms with Crippen LogP contribution in [0.25, 0.3) is 0 Å². The molecule has 8 heteroatoms.